The summed E-state index contributed by atoms with van der Waals surface area (Å²) in [6.07, 6.45) is 2.44. The van der Waals surface area contributed by atoms with Crippen molar-refractivity contribution in [3.8, 4) is 0 Å². The van der Waals surface area contributed by atoms with Crippen molar-refractivity contribution in [1.82, 2.24) is 15.2 Å². The number of rotatable bonds is 6. The molecule has 2 amide bonds. The number of para-hydroxylation sites is 2. The fourth-order valence-electron chi connectivity index (χ4n) is 4.70. The van der Waals surface area contributed by atoms with E-state index in [1.165, 1.54) is 17.3 Å². The molecule has 184 valence electrons. The van der Waals surface area contributed by atoms with Crippen LogP contribution in [0.3, 0.4) is 0 Å². The average molecular weight is 508 g/mol. The zero-order valence-electron chi connectivity index (χ0n) is 20.3. The van der Waals surface area contributed by atoms with Gasteiger partial charge < -0.3 is 10.3 Å². The zero-order chi connectivity index (χ0) is 25.4. The summed E-state index contributed by atoms with van der Waals surface area (Å²) in [7, 11) is 0. The van der Waals surface area contributed by atoms with Crippen molar-refractivity contribution >= 4 is 51.2 Å². The second-order valence-corrected chi connectivity index (χ2v) is 10.1. The minimum Gasteiger partial charge on any atom is -0.361 e. The molecule has 1 atom stereocenters. The summed E-state index contributed by atoms with van der Waals surface area (Å²) in [4.78, 5) is 40.4. The molecule has 1 unspecified atom stereocenters. The summed E-state index contributed by atoms with van der Waals surface area (Å²) < 4.78 is 0. The van der Waals surface area contributed by atoms with E-state index < -0.39 is 6.04 Å². The minimum absolute atomic E-state index is 0.0932. The third-order valence-electron chi connectivity index (χ3n) is 6.64. The van der Waals surface area contributed by atoms with Gasteiger partial charge in [0.25, 0.3) is 5.91 Å². The number of amidine groups is 2. The number of aromatic nitrogens is 1. The molecule has 0 saturated heterocycles. The first-order chi connectivity index (χ1) is 18.1. The molecule has 0 spiro atoms. The van der Waals surface area contributed by atoms with Crippen LogP contribution in [0.1, 0.15) is 22.3 Å². The Morgan fingerprint density at radius 2 is 1.81 bits per heavy atom. The van der Waals surface area contributed by atoms with Gasteiger partial charge in [0.15, 0.2) is 5.17 Å². The first-order valence-electron chi connectivity index (χ1n) is 12.2. The van der Waals surface area contributed by atoms with Gasteiger partial charge in [-0.1, -0.05) is 71.9 Å². The Morgan fingerprint density at radius 3 is 2.68 bits per heavy atom. The van der Waals surface area contributed by atoms with Crippen LogP contribution in [-0.2, 0) is 22.6 Å². The Labute approximate surface area is 218 Å². The lowest BCUT2D eigenvalue weighted by atomic mass is 10.0. The van der Waals surface area contributed by atoms with E-state index in [1.807, 2.05) is 84.8 Å². The van der Waals surface area contributed by atoms with Crippen LogP contribution in [0, 0.1) is 6.92 Å². The molecule has 6 rings (SSSR count). The molecule has 0 saturated carbocycles. The molecular weight excluding hydrogens is 482 g/mol. The number of nitrogens with one attached hydrogen (secondary N) is 2. The van der Waals surface area contributed by atoms with Gasteiger partial charge >= 0.3 is 0 Å². The highest BCUT2D eigenvalue weighted by molar-refractivity contribution is 8.14. The van der Waals surface area contributed by atoms with Crippen LogP contribution in [0.5, 0.6) is 0 Å². The van der Waals surface area contributed by atoms with E-state index in [4.69, 9.17) is 4.99 Å². The number of H-pyrrole nitrogens is 1. The quantitative estimate of drug-likeness (QED) is 0.395. The number of carbonyl (C=O) groups excluding carboxylic acids is 2. The van der Waals surface area contributed by atoms with Crippen LogP contribution >= 0.6 is 11.8 Å². The number of carbonyl (C=O) groups is 2. The number of thioether (sulfide) groups is 1. The lowest BCUT2D eigenvalue weighted by Crippen LogP contribution is -2.45. The average Bonchev–Trinajstić information content (AvgIpc) is 3.48. The molecule has 1 aromatic heterocycles. The van der Waals surface area contributed by atoms with Crippen molar-refractivity contribution in [3.63, 3.8) is 0 Å². The number of amides is 2. The van der Waals surface area contributed by atoms with Gasteiger partial charge in [-0.05, 0) is 36.2 Å². The number of hydrogen-bond donors (Lipinski definition) is 2. The van der Waals surface area contributed by atoms with E-state index in [1.54, 1.807) is 0 Å². The van der Waals surface area contributed by atoms with E-state index in [0.29, 0.717) is 24.0 Å². The molecule has 0 aliphatic carbocycles. The Hall–Kier alpha value is -4.17. The highest BCUT2D eigenvalue weighted by Crippen LogP contribution is 2.35. The van der Waals surface area contributed by atoms with Crippen molar-refractivity contribution in [3.05, 3.63) is 101 Å². The van der Waals surface area contributed by atoms with E-state index >= 15 is 0 Å². The number of nitrogens with zero attached hydrogens (tertiary/aromatic N) is 3. The first-order valence-corrected chi connectivity index (χ1v) is 13.2. The maximum atomic E-state index is 13.2. The second kappa shape index (κ2) is 9.71. The first kappa shape index (κ1) is 23.2. The molecule has 0 fully saturated rings. The maximum Gasteiger partial charge on any atom is 0.271 e. The molecule has 0 bridgehead atoms. The molecule has 3 heterocycles. The summed E-state index contributed by atoms with van der Waals surface area (Å²) >= 11 is 1.33. The highest BCUT2D eigenvalue weighted by Gasteiger charge is 2.42. The van der Waals surface area contributed by atoms with Crippen LogP contribution in [0.4, 0.5) is 5.69 Å². The van der Waals surface area contributed by atoms with Crippen molar-refractivity contribution in [2.75, 3.05) is 5.75 Å². The van der Waals surface area contributed by atoms with Gasteiger partial charge in [-0.25, -0.2) is 4.99 Å². The number of hydrogen-bond acceptors (Lipinski definition) is 5. The predicted molar refractivity (Wildman–Crippen MR) is 148 cm³/mol. The molecule has 37 heavy (non-hydrogen) atoms. The van der Waals surface area contributed by atoms with Gasteiger partial charge in [-0.3, -0.25) is 14.5 Å². The van der Waals surface area contributed by atoms with Crippen LogP contribution < -0.4 is 5.32 Å². The van der Waals surface area contributed by atoms with Gasteiger partial charge in [0, 0.05) is 35.6 Å². The van der Waals surface area contributed by atoms with Crippen LogP contribution in [0.25, 0.3) is 10.9 Å². The van der Waals surface area contributed by atoms with Crippen molar-refractivity contribution < 1.29 is 9.59 Å². The summed E-state index contributed by atoms with van der Waals surface area (Å²) in [6.45, 7) is 2.50. The highest BCUT2D eigenvalue weighted by atomic mass is 32.2. The fraction of sp³-hybridized carbons (Fsp3) is 0.172. The van der Waals surface area contributed by atoms with Gasteiger partial charge in [-0.15, -0.1) is 0 Å². The van der Waals surface area contributed by atoms with E-state index in [9.17, 15) is 9.59 Å². The summed E-state index contributed by atoms with van der Waals surface area (Å²) in [6, 6.07) is 23.3. The van der Waals surface area contributed by atoms with Crippen LogP contribution in [-0.4, -0.2) is 44.5 Å². The monoisotopic (exact) mass is 507 g/mol. The third kappa shape index (κ3) is 4.56. The number of aromatic amines is 1. The van der Waals surface area contributed by atoms with Crippen molar-refractivity contribution in [2.45, 2.75) is 25.9 Å². The molecule has 0 radical (unpaired) electrons. The van der Waals surface area contributed by atoms with Gasteiger partial charge in [-0.2, -0.15) is 4.99 Å². The van der Waals surface area contributed by atoms with Gasteiger partial charge in [0.05, 0.1) is 11.4 Å². The molecule has 3 aromatic carbocycles. The molecule has 8 heteroatoms. The van der Waals surface area contributed by atoms with Gasteiger partial charge in [0.2, 0.25) is 5.91 Å². The lowest BCUT2D eigenvalue weighted by molar-refractivity contribution is -0.120. The second-order valence-electron chi connectivity index (χ2n) is 9.19. The van der Waals surface area contributed by atoms with E-state index in [0.717, 1.165) is 33.3 Å². The number of aliphatic imine (C=N–C) groups is 2. The zero-order valence-corrected chi connectivity index (χ0v) is 21.1. The Kier molecular flexibility index (Phi) is 6.10. The largest absolute Gasteiger partial charge is 0.361 e. The molecule has 2 N–H and O–H groups in total. The Morgan fingerprint density at radius 1 is 1.03 bits per heavy atom. The van der Waals surface area contributed by atoms with E-state index in [-0.39, 0.29) is 17.6 Å². The van der Waals surface area contributed by atoms with Crippen molar-refractivity contribution in [2.24, 2.45) is 9.98 Å². The van der Waals surface area contributed by atoms with Crippen LogP contribution in [0.2, 0.25) is 0 Å². The topological polar surface area (TPSA) is 89.9 Å². The number of aryl methyl sites for hydroxylation is 1. The van der Waals surface area contributed by atoms with Crippen LogP contribution in [0.15, 0.2) is 89.0 Å². The summed E-state index contributed by atoms with van der Waals surface area (Å²) in [5.74, 6) is 0.492. The third-order valence-corrected chi connectivity index (χ3v) is 7.59. The number of benzene rings is 3. The molecule has 2 aliphatic rings. The van der Waals surface area contributed by atoms with E-state index in [2.05, 4.69) is 21.4 Å². The lowest BCUT2D eigenvalue weighted by Gasteiger charge is -2.31. The fourth-order valence-corrected chi connectivity index (χ4v) is 5.58. The normalized spacial score (nSPS) is 16.3. The minimum atomic E-state index is -0.524. The summed E-state index contributed by atoms with van der Waals surface area (Å²) in [5.41, 5.74) is 5.88. The molecular formula is C29H25N5O2S. The Bertz CT molecular complexity index is 1570. The molecule has 2 aliphatic heterocycles. The predicted octanol–water partition coefficient (Wildman–Crippen LogP) is 4.73. The summed E-state index contributed by atoms with van der Waals surface area (Å²) in [5, 5.41) is 4.67. The standard InChI is InChI=1S/C29H25N5O2S/c1-18-10-12-19(13-11-18)15-31-26(35)17-37-29-32-24-9-5-3-7-22(24)27-33-28(36)25(34(27)29)14-20-16-30-23-8-4-2-6-21(20)23/h2-13,16,25,30H,14-15,17H2,1H3,(H,31,35). The maximum absolute atomic E-state index is 13.2. The smallest absolute Gasteiger partial charge is 0.271 e. The molecule has 4 aromatic rings. The van der Waals surface area contributed by atoms with Gasteiger partial charge in [0.1, 0.15) is 11.9 Å². The SMILES string of the molecule is Cc1ccc(CNC(=O)CSC2=Nc3ccccc3C3=NC(=O)C(Cc4c[nH]c5ccccc45)N23)cc1. The van der Waals surface area contributed by atoms with Crippen molar-refractivity contribution in [1.29, 1.82) is 0 Å². The number of fused-ring (bicyclic) bond motifs is 4. The molecule has 7 nitrogen and oxygen atoms in total. The Balaban J connectivity index is 1.23.